The summed E-state index contributed by atoms with van der Waals surface area (Å²) in [5, 5.41) is 0. The minimum absolute atomic E-state index is 0.0662. The van der Waals surface area contributed by atoms with Gasteiger partial charge in [-0.2, -0.15) is 0 Å². The lowest BCUT2D eigenvalue weighted by molar-refractivity contribution is 0.205. The van der Waals surface area contributed by atoms with E-state index in [0.29, 0.717) is 12.2 Å². The molecular formula is C30H44N2O2. The van der Waals surface area contributed by atoms with Crippen molar-refractivity contribution in [2.24, 2.45) is 0 Å². The largest absolute Gasteiger partial charge is 0.488 e. The molecule has 0 aliphatic carbocycles. The minimum Gasteiger partial charge on any atom is -0.488 e. The first-order valence-electron chi connectivity index (χ1n) is 13.0. The van der Waals surface area contributed by atoms with Crippen molar-refractivity contribution < 1.29 is 9.47 Å². The van der Waals surface area contributed by atoms with E-state index in [0.717, 1.165) is 56.9 Å². The number of nitrogens with zero attached hydrogens (tertiary/aromatic N) is 2. The first kappa shape index (κ1) is 25.1. The molecule has 4 rings (SSSR count). The van der Waals surface area contributed by atoms with Crippen molar-refractivity contribution in [3.63, 3.8) is 0 Å². The van der Waals surface area contributed by atoms with E-state index in [-0.39, 0.29) is 5.41 Å². The van der Waals surface area contributed by atoms with Gasteiger partial charge in [0.25, 0.3) is 0 Å². The zero-order chi connectivity index (χ0) is 24.6. The predicted octanol–water partition coefficient (Wildman–Crippen LogP) is 5.80. The fraction of sp³-hybridized carbons (Fsp3) is 0.600. The zero-order valence-electron chi connectivity index (χ0n) is 22.6. The number of ether oxygens (including phenoxy) is 2. The summed E-state index contributed by atoms with van der Waals surface area (Å²) in [6.07, 6.45) is 3.83. The third kappa shape index (κ3) is 4.99. The van der Waals surface area contributed by atoms with E-state index in [1.54, 1.807) is 0 Å². The number of likely N-dealkylation sites (N-methyl/N-ethyl adjacent to an activating group) is 2. The Hall–Kier alpha value is -2.04. The van der Waals surface area contributed by atoms with Gasteiger partial charge in [-0.05, 0) is 94.4 Å². The Morgan fingerprint density at radius 3 is 1.35 bits per heavy atom. The van der Waals surface area contributed by atoms with Crippen LogP contribution in [0.1, 0.15) is 66.5 Å². The Balaban J connectivity index is 1.62. The molecule has 34 heavy (non-hydrogen) atoms. The molecule has 186 valence electrons. The number of aryl methyl sites for hydroxylation is 4. The van der Waals surface area contributed by atoms with Crippen molar-refractivity contribution in [1.29, 1.82) is 0 Å². The fourth-order valence-corrected chi connectivity index (χ4v) is 5.80. The van der Waals surface area contributed by atoms with Crippen LogP contribution < -0.4 is 9.47 Å². The van der Waals surface area contributed by atoms with Crippen LogP contribution in [-0.2, 0) is 5.41 Å². The summed E-state index contributed by atoms with van der Waals surface area (Å²) in [5.74, 6) is 2.14. The summed E-state index contributed by atoms with van der Waals surface area (Å²) in [4.78, 5) is 4.70. The van der Waals surface area contributed by atoms with Crippen LogP contribution in [0.4, 0.5) is 0 Å². The molecule has 0 N–H and O–H groups in total. The van der Waals surface area contributed by atoms with Crippen LogP contribution in [-0.4, -0.2) is 62.3 Å². The molecule has 2 fully saturated rings. The zero-order valence-corrected chi connectivity index (χ0v) is 22.6. The molecule has 2 atom stereocenters. The van der Waals surface area contributed by atoms with Crippen LogP contribution >= 0.6 is 0 Å². The maximum atomic E-state index is 6.48. The van der Waals surface area contributed by atoms with Crippen molar-refractivity contribution in [3.8, 4) is 11.5 Å². The van der Waals surface area contributed by atoms with Gasteiger partial charge < -0.3 is 19.3 Å². The van der Waals surface area contributed by atoms with Gasteiger partial charge >= 0.3 is 0 Å². The highest BCUT2D eigenvalue weighted by atomic mass is 16.5. The Morgan fingerprint density at radius 2 is 1.09 bits per heavy atom. The van der Waals surface area contributed by atoms with E-state index in [4.69, 9.17) is 9.47 Å². The van der Waals surface area contributed by atoms with Crippen LogP contribution in [0.5, 0.6) is 11.5 Å². The predicted molar refractivity (Wildman–Crippen MR) is 142 cm³/mol. The van der Waals surface area contributed by atoms with Gasteiger partial charge in [0.05, 0.1) is 0 Å². The van der Waals surface area contributed by atoms with Gasteiger partial charge in [0, 0.05) is 31.6 Å². The number of hydrogen-bond donors (Lipinski definition) is 0. The first-order chi connectivity index (χ1) is 16.1. The summed E-state index contributed by atoms with van der Waals surface area (Å²) in [6.45, 7) is 17.7. The molecule has 2 heterocycles. The minimum atomic E-state index is -0.0662. The van der Waals surface area contributed by atoms with Crippen molar-refractivity contribution in [3.05, 3.63) is 57.6 Å². The Bertz CT molecular complexity index is 907. The van der Waals surface area contributed by atoms with Crippen LogP contribution in [0.3, 0.4) is 0 Å². The third-order valence-electron chi connectivity index (χ3n) is 8.17. The van der Waals surface area contributed by atoms with Crippen molar-refractivity contribution in [2.75, 3.05) is 40.3 Å². The molecule has 0 saturated carbocycles. The van der Waals surface area contributed by atoms with Gasteiger partial charge in [-0.3, -0.25) is 0 Å². The lowest BCUT2D eigenvalue weighted by atomic mass is 9.72. The summed E-state index contributed by atoms with van der Waals surface area (Å²) < 4.78 is 13.0. The topological polar surface area (TPSA) is 24.9 Å². The monoisotopic (exact) mass is 464 g/mol. The standard InChI is InChI=1S/C30H44N2O2/c1-9-30(6,24-14-20(2)28(21(3)15-24)33-26-10-12-31(7)18-26)25-16-22(4)29(23(5)17-25)34-27-11-13-32(8)19-27/h14-17,26-27H,9-13,18-19H2,1-8H3. The van der Waals surface area contributed by atoms with Crippen LogP contribution in [0.2, 0.25) is 0 Å². The Kier molecular flexibility index (Phi) is 7.30. The normalized spacial score (nSPS) is 23.3. The summed E-state index contributed by atoms with van der Waals surface area (Å²) >= 11 is 0. The quantitative estimate of drug-likeness (QED) is 0.517. The lowest BCUT2D eigenvalue weighted by Crippen LogP contribution is -2.25. The SMILES string of the molecule is CCC(C)(c1cc(C)c(OC2CCN(C)C2)c(C)c1)c1cc(C)c(OC2CCN(C)C2)c(C)c1. The average molecular weight is 465 g/mol. The summed E-state index contributed by atoms with van der Waals surface area (Å²) in [5.41, 5.74) is 7.62. The molecule has 0 amide bonds. The highest BCUT2D eigenvalue weighted by Gasteiger charge is 2.31. The van der Waals surface area contributed by atoms with Crippen molar-refractivity contribution >= 4 is 0 Å². The molecule has 0 bridgehead atoms. The molecule has 0 radical (unpaired) electrons. The lowest BCUT2D eigenvalue weighted by Gasteiger charge is -2.32. The van der Waals surface area contributed by atoms with Crippen LogP contribution in [0, 0.1) is 27.7 Å². The van der Waals surface area contributed by atoms with Gasteiger partial charge in [0.1, 0.15) is 23.7 Å². The second-order valence-corrected chi connectivity index (χ2v) is 11.1. The van der Waals surface area contributed by atoms with Crippen LogP contribution in [0.25, 0.3) is 0 Å². The van der Waals surface area contributed by atoms with E-state index >= 15 is 0 Å². The number of benzene rings is 2. The van der Waals surface area contributed by atoms with Gasteiger partial charge in [-0.1, -0.05) is 38.1 Å². The molecule has 0 spiro atoms. The molecule has 2 aromatic carbocycles. The molecular weight excluding hydrogens is 420 g/mol. The maximum Gasteiger partial charge on any atom is 0.125 e. The first-order valence-corrected chi connectivity index (χ1v) is 13.0. The van der Waals surface area contributed by atoms with E-state index in [2.05, 4.69) is 89.7 Å². The molecule has 2 unspecified atom stereocenters. The molecule has 2 aromatic rings. The second-order valence-electron chi connectivity index (χ2n) is 11.1. The van der Waals surface area contributed by atoms with Gasteiger partial charge in [-0.25, -0.2) is 0 Å². The van der Waals surface area contributed by atoms with Crippen LogP contribution in [0.15, 0.2) is 24.3 Å². The second kappa shape index (κ2) is 9.91. The molecule has 4 heteroatoms. The van der Waals surface area contributed by atoms with Crippen molar-refractivity contribution in [1.82, 2.24) is 9.80 Å². The summed E-state index contributed by atoms with van der Waals surface area (Å²) in [6, 6.07) is 9.42. The molecule has 2 aliphatic heterocycles. The highest BCUT2D eigenvalue weighted by molar-refractivity contribution is 5.52. The van der Waals surface area contributed by atoms with E-state index < -0.39 is 0 Å². The molecule has 0 aromatic heterocycles. The number of rotatable bonds is 7. The molecule has 2 aliphatic rings. The van der Waals surface area contributed by atoms with E-state index in [1.165, 1.54) is 33.4 Å². The van der Waals surface area contributed by atoms with Crippen molar-refractivity contribution in [2.45, 2.75) is 78.4 Å². The summed E-state index contributed by atoms with van der Waals surface area (Å²) in [7, 11) is 4.34. The molecule has 2 saturated heterocycles. The van der Waals surface area contributed by atoms with E-state index in [1.807, 2.05) is 0 Å². The van der Waals surface area contributed by atoms with Gasteiger partial charge in [0.15, 0.2) is 0 Å². The maximum absolute atomic E-state index is 6.48. The number of hydrogen-bond acceptors (Lipinski definition) is 4. The molecule has 4 nitrogen and oxygen atoms in total. The fourth-order valence-electron chi connectivity index (χ4n) is 5.80. The Labute approximate surface area is 207 Å². The number of likely N-dealkylation sites (tertiary alicyclic amines) is 2. The average Bonchev–Trinajstić information content (AvgIpc) is 3.39. The highest BCUT2D eigenvalue weighted by Crippen LogP contribution is 2.41. The third-order valence-corrected chi connectivity index (χ3v) is 8.17. The smallest absolute Gasteiger partial charge is 0.125 e. The Morgan fingerprint density at radius 1 is 0.735 bits per heavy atom. The van der Waals surface area contributed by atoms with Gasteiger partial charge in [-0.15, -0.1) is 0 Å². The van der Waals surface area contributed by atoms with Gasteiger partial charge in [0.2, 0.25) is 0 Å². The van der Waals surface area contributed by atoms with E-state index in [9.17, 15) is 0 Å².